The minimum Gasteiger partial charge on any atom is -0.379 e. The molecule has 2 aromatic rings. The van der Waals surface area contributed by atoms with Gasteiger partial charge < -0.3 is 10.1 Å². The molecular formula is C15H18N4O2. The van der Waals surface area contributed by atoms with Crippen molar-refractivity contribution < 1.29 is 9.53 Å². The number of fused-ring (bicyclic) bond motifs is 1. The quantitative estimate of drug-likeness (QED) is 0.889. The van der Waals surface area contributed by atoms with Gasteiger partial charge in [0.2, 0.25) is 0 Å². The van der Waals surface area contributed by atoms with E-state index < -0.39 is 0 Å². The number of benzene rings is 1. The van der Waals surface area contributed by atoms with Crippen molar-refractivity contribution in [1.29, 1.82) is 0 Å². The van der Waals surface area contributed by atoms with E-state index >= 15 is 0 Å². The van der Waals surface area contributed by atoms with Crippen LogP contribution in [-0.4, -0.2) is 49.3 Å². The van der Waals surface area contributed by atoms with Crippen LogP contribution in [0.4, 0.5) is 5.82 Å². The predicted octanol–water partition coefficient (Wildman–Crippen LogP) is 1.25. The van der Waals surface area contributed by atoms with E-state index in [9.17, 15) is 4.79 Å². The van der Waals surface area contributed by atoms with Gasteiger partial charge in [-0.2, -0.15) is 0 Å². The zero-order chi connectivity index (χ0) is 14.7. The lowest BCUT2D eigenvalue weighted by atomic mass is 10.1. The van der Waals surface area contributed by atoms with Crippen LogP contribution in [-0.2, 0) is 4.74 Å². The molecular weight excluding hydrogens is 268 g/mol. The van der Waals surface area contributed by atoms with E-state index in [4.69, 9.17) is 4.74 Å². The molecule has 6 heteroatoms. The van der Waals surface area contributed by atoms with Crippen molar-refractivity contribution in [3.63, 3.8) is 0 Å². The summed E-state index contributed by atoms with van der Waals surface area (Å²) in [5.74, 6) is 0.563. The number of rotatable bonds is 3. The van der Waals surface area contributed by atoms with Gasteiger partial charge in [-0.1, -0.05) is 18.2 Å². The Morgan fingerprint density at radius 2 is 2.05 bits per heavy atom. The highest BCUT2D eigenvalue weighted by atomic mass is 16.5. The van der Waals surface area contributed by atoms with Crippen LogP contribution in [0.3, 0.4) is 0 Å². The molecule has 6 nitrogen and oxygen atoms in total. The Morgan fingerprint density at radius 3 is 2.81 bits per heavy atom. The molecule has 1 aromatic carbocycles. The molecule has 21 heavy (non-hydrogen) atoms. The first-order chi connectivity index (χ1) is 10.3. The summed E-state index contributed by atoms with van der Waals surface area (Å²) in [6.45, 7) is 2.68. The van der Waals surface area contributed by atoms with Crippen molar-refractivity contribution in [1.82, 2.24) is 15.4 Å². The third-order valence-electron chi connectivity index (χ3n) is 3.49. The summed E-state index contributed by atoms with van der Waals surface area (Å²) in [4.78, 5) is 17.0. The molecule has 0 aliphatic carbocycles. The number of morpholine rings is 1. The molecule has 1 fully saturated rings. The van der Waals surface area contributed by atoms with E-state index in [-0.39, 0.29) is 5.91 Å². The highest BCUT2D eigenvalue weighted by Crippen LogP contribution is 2.20. The largest absolute Gasteiger partial charge is 0.379 e. The number of anilines is 1. The van der Waals surface area contributed by atoms with E-state index in [1.807, 2.05) is 29.3 Å². The molecule has 1 aliphatic heterocycles. The number of amides is 1. The maximum Gasteiger partial charge on any atom is 0.266 e. The van der Waals surface area contributed by atoms with Gasteiger partial charge in [-0.25, -0.2) is 9.99 Å². The summed E-state index contributed by atoms with van der Waals surface area (Å²) >= 11 is 0. The lowest BCUT2D eigenvalue weighted by Crippen LogP contribution is -2.48. The minimum absolute atomic E-state index is 0.119. The fourth-order valence-corrected chi connectivity index (χ4v) is 2.37. The Kier molecular flexibility index (Phi) is 3.98. The summed E-state index contributed by atoms with van der Waals surface area (Å²) in [5.41, 5.74) is 4.36. The number of aromatic nitrogens is 1. The van der Waals surface area contributed by atoms with Crippen molar-refractivity contribution in [2.24, 2.45) is 0 Å². The molecule has 2 heterocycles. The van der Waals surface area contributed by atoms with Gasteiger partial charge in [0.1, 0.15) is 5.82 Å². The van der Waals surface area contributed by atoms with Gasteiger partial charge in [0.15, 0.2) is 0 Å². The van der Waals surface area contributed by atoms with Crippen LogP contribution in [0.25, 0.3) is 10.9 Å². The number of hydrazine groups is 1. The molecule has 0 atom stereocenters. The van der Waals surface area contributed by atoms with Gasteiger partial charge in [-0.05, 0) is 12.1 Å². The number of carbonyl (C=O) groups is 1. The molecule has 1 amide bonds. The number of ether oxygens (including phenoxy) is 1. The average Bonchev–Trinajstić information content (AvgIpc) is 2.54. The highest BCUT2D eigenvalue weighted by Gasteiger charge is 2.17. The van der Waals surface area contributed by atoms with E-state index in [1.165, 1.54) is 0 Å². The van der Waals surface area contributed by atoms with E-state index in [1.54, 1.807) is 13.1 Å². The second-order valence-corrected chi connectivity index (χ2v) is 4.86. The monoisotopic (exact) mass is 286 g/mol. The highest BCUT2D eigenvalue weighted by molar-refractivity contribution is 6.06. The molecule has 0 spiro atoms. The van der Waals surface area contributed by atoms with Gasteiger partial charge >= 0.3 is 0 Å². The molecule has 110 valence electrons. The molecule has 1 aliphatic rings. The van der Waals surface area contributed by atoms with E-state index in [0.717, 1.165) is 10.9 Å². The fraction of sp³-hybridized carbons (Fsp3) is 0.333. The first-order valence-electron chi connectivity index (χ1n) is 6.99. The van der Waals surface area contributed by atoms with Gasteiger partial charge in [0.25, 0.3) is 5.91 Å². The van der Waals surface area contributed by atoms with Crippen molar-refractivity contribution in [2.75, 3.05) is 38.7 Å². The molecule has 0 radical (unpaired) electrons. The van der Waals surface area contributed by atoms with Crippen LogP contribution < -0.4 is 10.7 Å². The SMILES string of the molecule is CNc1cc(C(=O)NN2CCOCC2)c2ccccc2n1. The fourth-order valence-electron chi connectivity index (χ4n) is 2.37. The maximum absolute atomic E-state index is 12.5. The Hall–Kier alpha value is -2.18. The summed E-state index contributed by atoms with van der Waals surface area (Å²) in [6.07, 6.45) is 0. The van der Waals surface area contributed by atoms with E-state index in [0.29, 0.717) is 37.7 Å². The molecule has 0 bridgehead atoms. The summed E-state index contributed by atoms with van der Waals surface area (Å²) in [7, 11) is 1.79. The van der Waals surface area contributed by atoms with Gasteiger partial charge in [0.05, 0.1) is 24.3 Å². The van der Waals surface area contributed by atoms with Crippen LogP contribution in [0.15, 0.2) is 30.3 Å². The number of hydrogen-bond acceptors (Lipinski definition) is 5. The maximum atomic E-state index is 12.5. The van der Waals surface area contributed by atoms with Gasteiger partial charge in [-0.15, -0.1) is 0 Å². The van der Waals surface area contributed by atoms with Crippen molar-refractivity contribution in [3.8, 4) is 0 Å². The van der Waals surface area contributed by atoms with Gasteiger partial charge in [0, 0.05) is 25.5 Å². The second kappa shape index (κ2) is 6.07. The molecule has 0 unspecified atom stereocenters. The second-order valence-electron chi connectivity index (χ2n) is 4.86. The molecule has 0 saturated carbocycles. The van der Waals surface area contributed by atoms with Crippen LogP contribution in [0.5, 0.6) is 0 Å². The number of nitrogens with one attached hydrogen (secondary N) is 2. The Morgan fingerprint density at radius 1 is 1.29 bits per heavy atom. The summed E-state index contributed by atoms with van der Waals surface area (Å²) < 4.78 is 5.28. The van der Waals surface area contributed by atoms with Crippen LogP contribution >= 0.6 is 0 Å². The van der Waals surface area contributed by atoms with Crippen molar-refractivity contribution in [3.05, 3.63) is 35.9 Å². The van der Waals surface area contributed by atoms with E-state index in [2.05, 4.69) is 15.7 Å². The third kappa shape index (κ3) is 2.96. The van der Waals surface area contributed by atoms with Crippen LogP contribution in [0.1, 0.15) is 10.4 Å². The topological polar surface area (TPSA) is 66.5 Å². The van der Waals surface area contributed by atoms with Crippen molar-refractivity contribution in [2.45, 2.75) is 0 Å². The number of pyridine rings is 1. The van der Waals surface area contributed by atoms with Gasteiger partial charge in [-0.3, -0.25) is 10.2 Å². The summed E-state index contributed by atoms with van der Waals surface area (Å²) in [6, 6.07) is 9.42. The normalized spacial score (nSPS) is 15.9. The number of carbonyl (C=O) groups excluding carboxylic acids is 1. The Bertz CT molecular complexity index is 653. The average molecular weight is 286 g/mol. The smallest absolute Gasteiger partial charge is 0.266 e. The van der Waals surface area contributed by atoms with Crippen LogP contribution in [0, 0.1) is 0 Å². The lowest BCUT2D eigenvalue weighted by Gasteiger charge is -2.27. The standard InChI is InChI=1S/C15H18N4O2/c1-16-14-10-12(11-4-2-3-5-13(11)17-14)15(20)18-19-6-8-21-9-7-19/h2-5,10H,6-9H2,1H3,(H,16,17)(H,18,20). The zero-order valence-electron chi connectivity index (χ0n) is 11.9. The number of nitrogens with zero attached hydrogens (tertiary/aromatic N) is 2. The molecule has 1 saturated heterocycles. The molecule has 3 rings (SSSR count). The number of hydrogen-bond donors (Lipinski definition) is 2. The Labute approximate surface area is 123 Å². The van der Waals surface area contributed by atoms with Crippen LogP contribution in [0.2, 0.25) is 0 Å². The first kappa shape index (κ1) is 13.8. The lowest BCUT2D eigenvalue weighted by molar-refractivity contribution is 0.0127. The first-order valence-corrected chi connectivity index (χ1v) is 6.99. The Balaban J connectivity index is 1.92. The molecule has 1 aromatic heterocycles. The predicted molar refractivity (Wildman–Crippen MR) is 81.1 cm³/mol. The number of para-hydroxylation sites is 1. The van der Waals surface area contributed by atoms with Crippen molar-refractivity contribution >= 4 is 22.6 Å². The zero-order valence-corrected chi connectivity index (χ0v) is 11.9. The minimum atomic E-state index is -0.119. The molecule has 2 N–H and O–H groups in total. The summed E-state index contributed by atoms with van der Waals surface area (Å²) in [5, 5.41) is 5.73. The third-order valence-corrected chi connectivity index (χ3v) is 3.49.